The minimum Gasteiger partial charge on any atom is -0.489 e. The van der Waals surface area contributed by atoms with E-state index < -0.39 is 0 Å². The standard InChI is InChI=1S/C20H18ClN3O2/c1-12-19-17(10-18(25)22-20(19)24-23-12)14-5-7-16(8-6-14)26-11-13-3-2-4-15(21)9-13/h2-9,17H,10-11H2,1H3,(H2,22,23,24,25)/t17-/m0/s1. The molecule has 0 aliphatic carbocycles. The van der Waals surface area contributed by atoms with Crippen molar-refractivity contribution in [2.24, 2.45) is 0 Å². The average molecular weight is 368 g/mol. The van der Waals surface area contributed by atoms with Crippen LogP contribution in [0, 0.1) is 6.92 Å². The number of anilines is 1. The smallest absolute Gasteiger partial charge is 0.226 e. The van der Waals surface area contributed by atoms with Crippen LogP contribution in [0.15, 0.2) is 48.5 Å². The maximum atomic E-state index is 12.0. The van der Waals surface area contributed by atoms with Crippen LogP contribution in [0.3, 0.4) is 0 Å². The lowest BCUT2D eigenvalue weighted by molar-refractivity contribution is -0.116. The van der Waals surface area contributed by atoms with Crippen molar-refractivity contribution >= 4 is 23.3 Å². The maximum absolute atomic E-state index is 12.0. The van der Waals surface area contributed by atoms with E-state index in [2.05, 4.69) is 15.5 Å². The molecule has 6 heteroatoms. The third-order valence-electron chi connectivity index (χ3n) is 4.57. The molecule has 0 saturated carbocycles. The zero-order valence-electron chi connectivity index (χ0n) is 14.3. The highest BCUT2D eigenvalue weighted by atomic mass is 35.5. The summed E-state index contributed by atoms with van der Waals surface area (Å²) in [5.74, 6) is 1.39. The molecule has 0 fully saturated rings. The van der Waals surface area contributed by atoms with E-state index in [1.54, 1.807) is 0 Å². The summed E-state index contributed by atoms with van der Waals surface area (Å²) in [6.07, 6.45) is 0.413. The summed E-state index contributed by atoms with van der Waals surface area (Å²) in [4.78, 5) is 12.0. The quantitative estimate of drug-likeness (QED) is 0.717. The molecule has 2 N–H and O–H groups in total. The lowest BCUT2D eigenvalue weighted by Gasteiger charge is -2.23. The second-order valence-corrected chi connectivity index (χ2v) is 6.84. The van der Waals surface area contributed by atoms with Crippen molar-refractivity contribution in [2.45, 2.75) is 25.9 Å². The van der Waals surface area contributed by atoms with Crippen LogP contribution < -0.4 is 10.1 Å². The summed E-state index contributed by atoms with van der Waals surface area (Å²) in [6.45, 7) is 2.43. The number of fused-ring (bicyclic) bond motifs is 1. The van der Waals surface area contributed by atoms with Gasteiger partial charge in [-0.15, -0.1) is 0 Å². The van der Waals surface area contributed by atoms with Crippen molar-refractivity contribution in [3.05, 3.63) is 75.9 Å². The van der Waals surface area contributed by atoms with E-state index in [9.17, 15) is 4.79 Å². The molecular weight excluding hydrogens is 350 g/mol. The first kappa shape index (κ1) is 16.7. The van der Waals surface area contributed by atoms with Gasteiger partial charge in [-0.3, -0.25) is 9.89 Å². The largest absolute Gasteiger partial charge is 0.489 e. The van der Waals surface area contributed by atoms with Gasteiger partial charge >= 0.3 is 0 Å². The molecule has 1 aliphatic heterocycles. The highest BCUT2D eigenvalue weighted by Crippen LogP contribution is 2.38. The maximum Gasteiger partial charge on any atom is 0.226 e. The number of nitrogens with one attached hydrogen (secondary N) is 2. The van der Waals surface area contributed by atoms with Crippen molar-refractivity contribution in [2.75, 3.05) is 5.32 Å². The number of H-pyrrole nitrogens is 1. The van der Waals surface area contributed by atoms with Crippen LogP contribution >= 0.6 is 11.6 Å². The first-order valence-electron chi connectivity index (χ1n) is 8.42. The Kier molecular flexibility index (Phi) is 4.39. The second-order valence-electron chi connectivity index (χ2n) is 6.40. The molecule has 2 aromatic carbocycles. The minimum atomic E-state index is -0.0183. The molecule has 2 heterocycles. The van der Waals surface area contributed by atoms with Gasteiger partial charge in [-0.05, 0) is 42.3 Å². The molecule has 0 unspecified atom stereocenters. The molecule has 1 amide bonds. The van der Waals surface area contributed by atoms with E-state index in [0.717, 1.165) is 28.1 Å². The number of rotatable bonds is 4. The van der Waals surface area contributed by atoms with Gasteiger partial charge in [0.25, 0.3) is 0 Å². The average Bonchev–Trinajstić information content (AvgIpc) is 3.00. The van der Waals surface area contributed by atoms with Gasteiger partial charge in [-0.2, -0.15) is 5.10 Å². The number of halogens is 1. The van der Waals surface area contributed by atoms with Crippen molar-refractivity contribution in [3.8, 4) is 5.75 Å². The van der Waals surface area contributed by atoms with Crippen LogP contribution in [-0.2, 0) is 11.4 Å². The first-order valence-corrected chi connectivity index (χ1v) is 8.80. The molecule has 0 saturated heterocycles. The van der Waals surface area contributed by atoms with Crippen LogP contribution in [0.5, 0.6) is 5.75 Å². The van der Waals surface area contributed by atoms with Gasteiger partial charge in [0.1, 0.15) is 12.4 Å². The van der Waals surface area contributed by atoms with Gasteiger partial charge in [0.05, 0.1) is 0 Å². The predicted molar refractivity (Wildman–Crippen MR) is 101 cm³/mol. The Labute approximate surface area is 156 Å². The molecule has 0 radical (unpaired) electrons. The summed E-state index contributed by atoms with van der Waals surface area (Å²) >= 11 is 5.99. The van der Waals surface area contributed by atoms with Gasteiger partial charge < -0.3 is 10.1 Å². The molecule has 0 bridgehead atoms. The van der Waals surface area contributed by atoms with E-state index in [4.69, 9.17) is 16.3 Å². The summed E-state index contributed by atoms with van der Waals surface area (Å²) in [5, 5.41) is 10.6. The topological polar surface area (TPSA) is 67.0 Å². The monoisotopic (exact) mass is 367 g/mol. The van der Waals surface area contributed by atoms with Gasteiger partial charge in [0, 0.05) is 28.6 Å². The number of amides is 1. The molecule has 26 heavy (non-hydrogen) atoms. The summed E-state index contributed by atoms with van der Waals surface area (Å²) in [6, 6.07) is 15.5. The summed E-state index contributed by atoms with van der Waals surface area (Å²) < 4.78 is 5.83. The van der Waals surface area contributed by atoms with Gasteiger partial charge in [-0.1, -0.05) is 35.9 Å². The SMILES string of the molecule is Cc1[nH]nc2c1[C@H](c1ccc(OCc3cccc(Cl)c3)cc1)CC(=O)N2. The first-order chi connectivity index (χ1) is 12.6. The Balaban J connectivity index is 1.51. The molecule has 4 rings (SSSR count). The Hall–Kier alpha value is -2.79. The molecule has 132 valence electrons. The molecule has 5 nitrogen and oxygen atoms in total. The number of aromatic amines is 1. The highest BCUT2D eigenvalue weighted by molar-refractivity contribution is 6.30. The fourth-order valence-corrected chi connectivity index (χ4v) is 3.52. The minimum absolute atomic E-state index is 0.000482. The van der Waals surface area contributed by atoms with E-state index in [-0.39, 0.29) is 11.8 Å². The zero-order valence-corrected chi connectivity index (χ0v) is 15.0. The fraction of sp³-hybridized carbons (Fsp3) is 0.200. The second kappa shape index (κ2) is 6.84. The Morgan fingerprint density at radius 2 is 2.04 bits per heavy atom. The van der Waals surface area contributed by atoms with Gasteiger partial charge in [0.15, 0.2) is 5.82 Å². The molecule has 3 aromatic rings. The summed E-state index contributed by atoms with van der Waals surface area (Å²) in [7, 11) is 0. The van der Waals surface area contributed by atoms with Crippen LogP contribution in [0.1, 0.15) is 34.7 Å². The fourth-order valence-electron chi connectivity index (χ4n) is 3.30. The number of nitrogens with zero attached hydrogens (tertiary/aromatic N) is 1. The number of carbonyl (C=O) groups excluding carboxylic acids is 1. The third kappa shape index (κ3) is 3.30. The Morgan fingerprint density at radius 1 is 1.23 bits per heavy atom. The number of benzene rings is 2. The third-order valence-corrected chi connectivity index (χ3v) is 4.80. The van der Waals surface area contributed by atoms with Crippen molar-refractivity contribution in [3.63, 3.8) is 0 Å². The normalized spacial score (nSPS) is 16.1. The molecule has 1 aromatic heterocycles. The van der Waals surface area contributed by atoms with Crippen LogP contribution in [0.2, 0.25) is 5.02 Å². The van der Waals surface area contributed by atoms with Crippen LogP contribution in [-0.4, -0.2) is 16.1 Å². The number of aromatic nitrogens is 2. The van der Waals surface area contributed by atoms with E-state index >= 15 is 0 Å². The Bertz CT molecular complexity index is 950. The Morgan fingerprint density at radius 3 is 2.81 bits per heavy atom. The van der Waals surface area contributed by atoms with Gasteiger partial charge in [0.2, 0.25) is 5.91 Å². The lowest BCUT2D eigenvalue weighted by atomic mass is 9.86. The number of carbonyl (C=O) groups is 1. The van der Waals surface area contributed by atoms with E-state index in [1.165, 1.54) is 0 Å². The summed E-state index contributed by atoms with van der Waals surface area (Å²) in [5.41, 5.74) is 4.12. The number of aryl methyl sites for hydroxylation is 1. The van der Waals surface area contributed by atoms with Crippen LogP contribution in [0.4, 0.5) is 5.82 Å². The number of ether oxygens (including phenoxy) is 1. The lowest BCUT2D eigenvalue weighted by Crippen LogP contribution is -2.23. The zero-order chi connectivity index (χ0) is 18.1. The van der Waals surface area contributed by atoms with Crippen LogP contribution in [0.25, 0.3) is 0 Å². The van der Waals surface area contributed by atoms with Crippen molar-refractivity contribution in [1.82, 2.24) is 10.2 Å². The van der Waals surface area contributed by atoms with Crippen molar-refractivity contribution in [1.29, 1.82) is 0 Å². The molecule has 1 aliphatic rings. The van der Waals surface area contributed by atoms with E-state index in [1.807, 2.05) is 55.5 Å². The van der Waals surface area contributed by atoms with Gasteiger partial charge in [-0.25, -0.2) is 0 Å². The molecule has 1 atom stereocenters. The highest BCUT2D eigenvalue weighted by Gasteiger charge is 2.30. The predicted octanol–water partition coefficient (Wildman–Crippen LogP) is 4.42. The van der Waals surface area contributed by atoms with Crippen molar-refractivity contribution < 1.29 is 9.53 Å². The number of hydrogen-bond donors (Lipinski definition) is 2. The van der Waals surface area contributed by atoms with E-state index in [0.29, 0.717) is 23.9 Å². The molecular formula is C20H18ClN3O2. The molecule has 0 spiro atoms. The number of hydrogen-bond acceptors (Lipinski definition) is 3.